The van der Waals surface area contributed by atoms with Gasteiger partial charge in [-0.25, -0.2) is 0 Å². The van der Waals surface area contributed by atoms with Crippen molar-refractivity contribution < 1.29 is 4.79 Å². The lowest BCUT2D eigenvalue weighted by atomic mass is 9.93. The molecule has 0 radical (unpaired) electrons. The van der Waals surface area contributed by atoms with Crippen molar-refractivity contribution >= 4 is 11.5 Å². The molecule has 1 N–H and O–H groups in total. The van der Waals surface area contributed by atoms with Gasteiger partial charge in [-0.05, 0) is 25.8 Å². The van der Waals surface area contributed by atoms with E-state index in [-0.39, 0.29) is 11.7 Å². The van der Waals surface area contributed by atoms with Gasteiger partial charge in [-0.2, -0.15) is 0 Å². The standard InChI is InChI=1S/C13H21NO/c1-5-8-9-12(14)11(7-3)13(15)10(4)6-2/h7-10,14H,5-6H2,1-4H3/b9-8-,11-7+,14-12?. The van der Waals surface area contributed by atoms with Crippen molar-refractivity contribution in [1.82, 2.24) is 0 Å². The molecule has 84 valence electrons. The second kappa shape index (κ2) is 7.16. The second-order valence-electron chi connectivity index (χ2n) is 3.60. The number of Topliss-reactive ketones (excluding diaryl/α,β-unsaturated/α-hetero) is 1. The number of ketones is 1. The van der Waals surface area contributed by atoms with Crippen LogP contribution in [-0.2, 0) is 4.79 Å². The highest BCUT2D eigenvalue weighted by Gasteiger charge is 2.17. The molecule has 0 spiro atoms. The molecule has 0 heterocycles. The van der Waals surface area contributed by atoms with Gasteiger partial charge >= 0.3 is 0 Å². The van der Waals surface area contributed by atoms with E-state index in [1.54, 1.807) is 12.2 Å². The number of carbonyl (C=O) groups is 1. The van der Waals surface area contributed by atoms with E-state index in [0.29, 0.717) is 11.3 Å². The molecule has 0 bridgehead atoms. The van der Waals surface area contributed by atoms with Gasteiger partial charge < -0.3 is 5.41 Å². The maximum Gasteiger partial charge on any atom is 0.167 e. The summed E-state index contributed by atoms with van der Waals surface area (Å²) in [5.41, 5.74) is 0.860. The lowest BCUT2D eigenvalue weighted by molar-refractivity contribution is -0.118. The zero-order valence-corrected chi connectivity index (χ0v) is 10.1. The Bertz CT molecular complexity index is 287. The van der Waals surface area contributed by atoms with Crippen molar-refractivity contribution in [3.8, 4) is 0 Å². The van der Waals surface area contributed by atoms with Gasteiger partial charge in [-0.1, -0.05) is 32.9 Å². The summed E-state index contributed by atoms with van der Waals surface area (Å²) < 4.78 is 0. The summed E-state index contributed by atoms with van der Waals surface area (Å²) in [6, 6.07) is 0. The highest BCUT2D eigenvalue weighted by Crippen LogP contribution is 2.12. The van der Waals surface area contributed by atoms with Crippen molar-refractivity contribution in [2.75, 3.05) is 0 Å². The fourth-order valence-corrected chi connectivity index (χ4v) is 1.21. The van der Waals surface area contributed by atoms with Gasteiger partial charge in [0.05, 0.1) is 5.71 Å². The van der Waals surface area contributed by atoms with E-state index in [9.17, 15) is 4.79 Å². The summed E-state index contributed by atoms with van der Waals surface area (Å²) in [6.07, 6.45) is 7.04. The average Bonchev–Trinajstić information content (AvgIpc) is 2.25. The van der Waals surface area contributed by atoms with Gasteiger partial charge in [0, 0.05) is 11.5 Å². The summed E-state index contributed by atoms with van der Waals surface area (Å²) >= 11 is 0. The third kappa shape index (κ3) is 4.24. The Morgan fingerprint density at radius 2 is 2.00 bits per heavy atom. The van der Waals surface area contributed by atoms with E-state index in [1.807, 2.05) is 33.8 Å². The van der Waals surface area contributed by atoms with Crippen LogP contribution in [0.2, 0.25) is 0 Å². The molecule has 2 nitrogen and oxygen atoms in total. The van der Waals surface area contributed by atoms with E-state index >= 15 is 0 Å². The molecule has 0 aliphatic rings. The van der Waals surface area contributed by atoms with Gasteiger partial charge in [0.15, 0.2) is 5.78 Å². The van der Waals surface area contributed by atoms with Crippen LogP contribution in [-0.4, -0.2) is 11.5 Å². The molecule has 2 heteroatoms. The Balaban J connectivity index is 4.72. The fraction of sp³-hybridized carbons (Fsp3) is 0.538. The summed E-state index contributed by atoms with van der Waals surface area (Å²) in [4.78, 5) is 11.9. The van der Waals surface area contributed by atoms with Crippen molar-refractivity contribution in [1.29, 1.82) is 5.41 Å². The van der Waals surface area contributed by atoms with Gasteiger partial charge in [0.2, 0.25) is 0 Å². The molecule has 0 rings (SSSR count). The summed E-state index contributed by atoms with van der Waals surface area (Å²) in [7, 11) is 0. The Morgan fingerprint density at radius 1 is 1.40 bits per heavy atom. The third-order valence-electron chi connectivity index (χ3n) is 2.42. The second-order valence-corrected chi connectivity index (χ2v) is 3.60. The van der Waals surface area contributed by atoms with Crippen LogP contribution in [0.4, 0.5) is 0 Å². The highest BCUT2D eigenvalue weighted by molar-refractivity contribution is 6.25. The molecule has 0 aliphatic heterocycles. The smallest absolute Gasteiger partial charge is 0.167 e. The van der Waals surface area contributed by atoms with Crippen LogP contribution < -0.4 is 0 Å². The van der Waals surface area contributed by atoms with Gasteiger partial charge in [0.1, 0.15) is 0 Å². The zero-order valence-electron chi connectivity index (χ0n) is 10.1. The predicted molar refractivity (Wildman–Crippen MR) is 65.4 cm³/mol. The molecule has 0 saturated heterocycles. The van der Waals surface area contributed by atoms with Gasteiger partial charge in [0.25, 0.3) is 0 Å². The molecule has 0 aromatic rings. The minimum atomic E-state index is 0.00609. The first-order chi connectivity index (χ1) is 7.08. The lowest BCUT2D eigenvalue weighted by Crippen LogP contribution is -2.17. The van der Waals surface area contributed by atoms with Crippen molar-refractivity contribution in [3.05, 3.63) is 23.8 Å². The summed E-state index contributed by atoms with van der Waals surface area (Å²) in [6.45, 7) is 7.71. The normalized spacial score (nSPS) is 14.3. The molecule has 0 aromatic carbocycles. The Kier molecular flexibility index (Phi) is 6.59. The SMILES string of the molecule is C/C=C(\C(=N)/C=C\CC)C(=O)C(C)CC. The molecule has 0 saturated carbocycles. The quantitative estimate of drug-likeness (QED) is 0.525. The molecule has 0 fully saturated rings. The number of rotatable bonds is 6. The first kappa shape index (κ1) is 13.8. The van der Waals surface area contributed by atoms with Crippen LogP contribution in [0.15, 0.2) is 23.8 Å². The zero-order chi connectivity index (χ0) is 11.8. The van der Waals surface area contributed by atoms with Gasteiger partial charge in [-0.15, -0.1) is 0 Å². The molecule has 1 unspecified atom stereocenters. The molecular formula is C13H21NO. The molecular weight excluding hydrogens is 186 g/mol. The Hall–Kier alpha value is -1.18. The van der Waals surface area contributed by atoms with E-state index in [1.165, 1.54) is 0 Å². The Labute approximate surface area is 92.6 Å². The summed E-state index contributed by atoms with van der Waals surface area (Å²) in [5.74, 6) is 0.0809. The first-order valence-corrected chi connectivity index (χ1v) is 5.54. The number of hydrogen-bond acceptors (Lipinski definition) is 2. The van der Waals surface area contributed by atoms with E-state index in [0.717, 1.165) is 12.8 Å². The number of allylic oxidation sites excluding steroid dienone is 4. The Morgan fingerprint density at radius 3 is 2.40 bits per heavy atom. The molecule has 15 heavy (non-hydrogen) atoms. The van der Waals surface area contributed by atoms with E-state index in [4.69, 9.17) is 5.41 Å². The fourth-order valence-electron chi connectivity index (χ4n) is 1.21. The van der Waals surface area contributed by atoms with Gasteiger partial charge in [-0.3, -0.25) is 4.79 Å². The number of carbonyl (C=O) groups excluding carboxylic acids is 1. The maximum absolute atomic E-state index is 11.9. The number of hydrogen-bond donors (Lipinski definition) is 1. The van der Waals surface area contributed by atoms with Crippen LogP contribution in [0.3, 0.4) is 0 Å². The predicted octanol–water partition coefficient (Wildman–Crippen LogP) is 3.53. The van der Waals surface area contributed by atoms with E-state index in [2.05, 4.69) is 0 Å². The number of nitrogens with one attached hydrogen (secondary N) is 1. The van der Waals surface area contributed by atoms with Crippen LogP contribution in [0.5, 0.6) is 0 Å². The average molecular weight is 207 g/mol. The highest BCUT2D eigenvalue weighted by atomic mass is 16.1. The first-order valence-electron chi connectivity index (χ1n) is 5.54. The lowest BCUT2D eigenvalue weighted by Gasteiger charge is -2.09. The van der Waals surface area contributed by atoms with Crippen LogP contribution in [0, 0.1) is 11.3 Å². The summed E-state index contributed by atoms with van der Waals surface area (Å²) in [5, 5.41) is 7.77. The van der Waals surface area contributed by atoms with Crippen LogP contribution in [0.25, 0.3) is 0 Å². The van der Waals surface area contributed by atoms with Crippen molar-refractivity contribution in [2.45, 2.75) is 40.5 Å². The molecule has 0 aromatic heterocycles. The van der Waals surface area contributed by atoms with Crippen molar-refractivity contribution in [2.24, 2.45) is 5.92 Å². The van der Waals surface area contributed by atoms with E-state index < -0.39 is 0 Å². The van der Waals surface area contributed by atoms with Crippen LogP contribution in [0.1, 0.15) is 40.5 Å². The van der Waals surface area contributed by atoms with Crippen molar-refractivity contribution in [3.63, 3.8) is 0 Å². The maximum atomic E-state index is 11.9. The minimum Gasteiger partial charge on any atom is -0.300 e. The van der Waals surface area contributed by atoms with Crippen LogP contribution >= 0.6 is 0 Å². The molecule has 1 atom stereocenters. The largest absolute Gasteiger partial charge is 0.300 e. The monoisotopic (exact) mass is 207 g/mol. The molecule has 0 aliphatic carbocycles. The minimum absolute atomic E-state index is 0.00609. The molecule has 0 amide bonds. The third-order valence-corrected chi connectivity index (χ3v) is 2.42. The topological polar surface area (TPSA) is 40.9 Å².